The van der Waals surface area contributed by atoms with E-state index < -0.39 is 12.0 Å². The zero-order chi connectivity index (χ0) is 5.86. The zero-order valence-electron chi connectivity index (χ0n) is 5.18. The predicted octanol–water partition coefficient (Wildman–Crippen LogP) is -4.52. The van der Waals surface area contributed by atoms with E-state index in [4.69, 9.17) is 5.73 Å². The molecule has 0 aliphatic rings. The summed E-state index contributed by atoms with van der Waals surface area (Å²) in [5.41, 5.74) is 4.95. The first-order chi connectivity index (χ1) is 3.18. The van der Waals surface area contributed by atoms with Crippen LogP contribution in [0.1, 0.15) is 13.3 Å². The summed E-state index contributed by atoms with van der Waals surface area (Å²) in [6.45, 7) is 1.69. The fourth-order valence-corrected chi connectivity index (χ4v) is 0.167. The van der Waals surface area contributed by atoms with Gasteiger partial charge in [0, 0.05) is 6.04 Å². The molecule has 0 aromatic carbocycles. The summed E-state index contributed by atoms with van der Waals surface area (Å²) < 4.78 is 0. The third-order valence-corrected chi connectivity index (χ3v) is 0.743. The molecule has 0 amide bonds. The molecule has 0 aromatic rings. The van der Waals surface area contributed by atoms with Gasteiger partial charge in [-0.05, 0) is 6.42 Å². The number of carboxylic acids is 1. The summed E-state index contributed by atoms with van der Waals surface area (Å²) in [5, 5.41) is 9.69. The van der Waals surface area contributed by atoms with Gasteiger partial charge in [0.25, 0.3) is 0 Å². The Hall–Kier alpha value is 1.07. The molecule has 0 fully saturated rings. The minimum Gasteiger partial charge on any atom is -0.548 e. The molecule has 0 rings (SSSR count). The monoisotopic (exact) mass is 141 g/mol. The topological polar surface area (TPSA) is 66.2 Å². The summed E-state index contributed by atoms with van der Waals surface area (Å²) in [6.07, 6.45) is 0.433. The normalized spacial score (nSPS) is 11.8. The molecular formula is C4H8KNO2. The van der Waals surface area contributed by atoms with Crippen LogP contribution in [0.25, 0.3) is 0 Å². The Morgan fingerprint density at radius 2 is 2.25 bits per heavy atom. The van der Waals surface area contributed by atoms with E-state index in [2.05, 4.69) is 0 Å². The van der Waals surface area contributed by atoms with Crippen molar-refractivity contribution in [3.8, 4) is 0 Å². The van der Waals surface area contributed by atoms with Crippen molar-refractivity contribution < 1.29 is 61.3 Å². The first-order valence-electron chi connectivity index (χ1n) is 2.15. The number of rotatable bonds is 2. The van der Waals surface area contributed by atoms with E-state index in [0.717, 1.165) is 0 Å². The summed E-state index contributed by atoms with van der Waals surface area (Å²) in [5.74, 6) is -1.18. The molecule has 1 unspecified atom stereocenters. The number of nitrogens with two attached hydrogens (primary N) is 1. The average Bonchev–Trinajstić information content (AvgIpc) is 1.65. The van der Waals surface area contributed by atoms with Gasteiger partial charge in [0.15, 0.2) is 0 Å². The third-order valence-electron chi connectivity index (χ3n) is 0.743. The van der Waals surface area contributed by atoms with Crippen molar-refractivity contribution in [3.63, 3.8) is 0 Å². The Morgan fingerprint density at radius 1 is 1.88 bits per heavy atom. The average molecular weight is 141 g/mol. The molecule has 2 N–H and O–H groups in total. The number of carboxylic acid groups (broad SMARTS) is 1. The SMILES string of the molecule is CCC(N)C(=O)[O-].[K+]. The Morgan fingerprint density at radius 3 is 2.25 bits per heavy atom. The van der Waals surface area contributed by atoms with Crippen LogP contribution in [0.15, 0.2) is 0 Å². The summed E-state index contributed by atoms with van der Waals surface area (Å²) in [4.78, 5) is 9.69. The van der Waals surface area contributed by atoms with Crippen LogP contribution in [-0.4, -0.2) is 12.0 Å². The van der Waals surface area contributed by atoms with Crippen molar-refractivity contribution in [1.82, 2.24) is 0 Å². The van der Waals surface area contributed by atoms with E-state index in [1.807, 2.05) is 0 Å². The van der Waals surface area contributed by atoms with Gasteiger partial charge in [0.1, 0.15) is 0 Å². The largest absolute Gasteiger partial charge is 1.00 e. The maximum atomic E-state index is 9.69. The van der Waals surface area contributed by atoms with E-state index in [1.165, 1.54) is 0 Å². The van der Waals surface area contributed by atoms with E-state index >= 15 is 0 Å². The second-order valence-electron chi connectivity index (χ2n) is 1.33. The maximum absolute atomic E-state index is 9.69. The fraction of sp³-hybridized carbons (Fsp3) is 0.750. The van der Waals surface area contributed by atoms with E-state index in [1.54, 1.807) is 6.92 Å². The third kappa shape index (κ3) is 5.21. The Balaban J connectivity index is 0. The maximum Gasteiger partial charge on any atom is 1.00 e. The van der Waals surface area contributed by atoms with Gasteiger partial charge in [-0.15, -0.1) is 0 Å². The quantitative estimate of drug-likeness (QED) is 0.394. The van der Waals surface area contributed by atoms with Crippen molar-refractivity contribution in [3.05, 3.63) is 0 Å². The molecule has 0 saturated heterocycles. The van der Waals surface area contributed by atoms with Crippen LogP contribution < -0.4 is 62.2 Å². The van der Waals surface area contributed by atoms with Gasteiger partial charge in [-0.2, -0.15) is 0 Å². The molecule has 3 nitrogen and oxygen atoms in total. The number of hydrogen-bond acceptors (Lipinski definition) is 3. The van der Waals surface area contributed by atoms with Crippen LogP contribution in [-0.2, 0) is 4.79 Å². The second kappa shape index (κ2) is 6.19. The van der Waals surface area contributed by atoms with Crippen LogP contribution in [0.2, 0.25) is 0 Å². The predicted molar refractivity (Wildman–Crippen MR) is 23.3 cm³/mol. The van der Waals surface area contributed by atoms with Gasteiger partial charge in [0.2, 0.25) is 0 Å². The van der Waals surface area contributed by atoms with Gasteiger partial charge >= 0.3 is 51.4 Å². The number of aliphatic carboxylic acids is 1. The Labute approximate surface area is 91.1 Å². The van der Waals surface area contributed by atoms with Crippen LogP contribution in [0.5, 0.6) is 0 Å². The molecule has 42 valence electrons. The van der Waals surface area contributed by atoms with Crippen molar-refractivity contribution in [2.75, 3.05) is 0 Å². The molecule has 0 bridgehead atoms. The molecule has 8 heavy (non-hydrogen) atoms. The van der Waals surface area contributed by atoms with Crippen molar-refractivity contribution in [1.29, 1.82) is 0 Å². The molecule has 0 saturated carbocycles. The van der Waals surface area contributed by atoms with Crippen LogP contribution in [0, 0.1) is 0 Å². The molecule has 0 aromatic heterocycles. The van der Waals surface area contributed by atoms with Gasteiger partial charge in [-0.3, -0.25) is 0 Å². The minimum absolute atomic E-state index is 0. The van der Waals surface area contributed by atoms with Gasteiger partial charge in [-0.25, -0.2) is 0 Å². The molecule has 0 aliphatic heterocycles. The van der Waals surface area contributed by atoms with Crippen LogP contribution in [0.4, 0.5) is 0 Å². The molecule has 0 aliphatic carbocycles. The van der Waals surface area contributed by atoms with Crippen molar-refractivity contribution in [2.45, 2.75) is 19.4 Å². The van der Waals surface area contributed by atoms with Gasteiger partial charge in [0.05, 0.1) is 5.97 Å². The number of hydrogen-bond donors (Lipinski definition) is 1. The standard InChI is InChI=1S/C4H9NO2.K/c1-2-3(5)4(6)7;/h3H,2,5H2,1H3,(H,6,7);/q;+1/p-1. The second-order valence-corrected chi connectivity index (χ2v) is 1.33. The zero-order valence-corrected chi connectivity index (χ0v) is 8.30. The van der Waals surface area contributed by atoms with Crippen LogP contribution in [0.3, 0.4) is 0 Å². The Bertz CT molecular complexity index is 76.4. The van der Waals surface area contributed by atoms with Crippen molar-refractivity contribution >= 4 is 5.97 Å². The molecule has 1 atom stereocenters. The smallest absolute Gasteiger partial charge is 0.548 e. The molecule has 0 spiro atoms. The molecule has 4 heteroatoms. The first-order valence-corrected chi connectivity index (χ1v) is 2.15. The Kier molecular flexibility index (Phi) is 9.14. The van der Waals surface area contributed by atoms with E-state index in [-0.39, 0.29) is 51.4 Å². The molecular weight excluding hydrogens is 133 g/mol. The summed E-state index contributed by atoms with van der Waals surface area (Å²) in [6, 6.07) is -0.792. The van der Waals surface area contributed by atoms with Crippen LogP contribution >= 0.6 is 0 Å². The molecule has 0 radical (unpaired) electrons. The van der Waals surface area contributed by atoms with E-state index in [0.29, 0.717) is 6.42 Å². The first kappa shape index (κ1) is 11.8. The van der Waals surface area contributed by atoms with Gasteiger partial charge in [-0.1, -0.05) is 6.92 Å². The number of carbonyl (C=O) groups is 1. The van der Waals surface area contributed by atoms with Gasteiger partial charge < -0.3 is 15.6 Å². The summed E-state index contributed by atoms with van der Waals surface area (Å²) >= 11 is 0. The molecule has 0 heterocycles. The van der Waals surface area contributed by atoms with E-state index in [9.17, 15) is 9.90 Å². The van der Waals surface area contributed by atoms with Crippen molar-refractivity contribution in [2.24, 2.45) is 5.73 Å². The summed E-state index contributed by atoms with van der Waals surface area (Å²) in [7, 11) is 0. The number of carbonyl (C=O) groups excluding carboxylic acids is 1. The fourth-order valence-electron chi connectivity index (χ4n) is 0.167. The minimum atomic E-state index is -1.18.